The summed E-state index contributed by atoms with van der Waals surface area (Å²) in [6.07, 6.45) is 1.19. The van der Waals surface area contributed by atoms with Crippen LogP contribution in [0.3, 0.4) is 0 Å². The van der Waals surface area contributed by atoms with E-state index >= 15 is 0 Å². The first-order chi connectivity index (χ1) is 15.9. The summed E-state index contributed by atoms with van der Waals surface area (Å²) in [6, 6.07) is 20.3. The van der Waals surface area contributed by atoms with Gasteiger partial charge in [-0.3, -0.25) is 19.7 Å². The third-order valence-corrected chi connectivity index (χ3v) is 4.55. The number of carbonyl (C=O) groups is 2. The molecule has 33 heavy (non-hydrogen) atoms. The molecule has 3 aromatic rings. The van der Waals surface area contributed by atoms with E-state index in [1.807, 2.05) is 19.1 Å². The van der Waals surface area contributed by atoms with Gasteiger partial charge in [-0.05, 0) is 31.2 Å². The average molecular weight is 446 g/mol. The number of aryl methyl sites for hydroxylation is 1. The monoisotopic (exact) mass is 446 g/mol. The molecule has 9 nitrogen and oxygen atoms in total. The van der Waals surface area contributed by atoms with Crippen molar-refractivity contribution in [3.05, 3.63) is 99.6 Å². The second kappa shape index (κ2) is 11.2. The van der Waals surface area contributed by atoms with Gasteiger partial charge >= 0.3 is 0 Å². The van der Waals surface area contributed by atoms with Crippen molar-refractivity contribution in [2.24, 2.45) is 5.10 Å². The highest BCUT2D eigenvalue weighted by molar-refractivity contribution is 5.92. The maximum Gasteiger partial charge on any atom is 0.273 e. The summed E-state index contributed by atoms with van der Waals surface area (Å²) in [4.78, 5) is 34.8. The highest BCUT2D eigenvalue weighted by Gasteiger charge is 2.15. The fourth-order valence-corrected chi connectivity index (χ4v) is 2.92. The SMILES string of the molecule is Cc1ccc(NC(=O)COc2ccccc2/C=N/NC(=O)Cc2ccccc2[N+](=O)[O-])cc1. The van der Waals surface area contributed by atoms with E-state index in [-0.39, 0.29) is 24.6 Å². The van der Waals surface area contributed by atoms with Crippen LogP contribution in [0.4, 0.5) is 11.4 Å². The first-order valence-corrected chi connectivity index (χ1v) is 10.0. The number of nitro benzene ring substituents is 1. The normalized spacial score (nSPS) is 10.6. The molecule has 0 atom stereocenters. The molecule has 2 N–H and O–H groups in total. The van der Waals surface area contributed by atoms with Crippen LogP contribution < -0.4 is 15.5 Å². The Hall–Kier alpha value is -4.53. The van der Waals surface area contributed by atoms with E-state index < -0.39 is 10.8 Å². The molecule has 0 aliphatic carbocycles. The van der Waals surface area contributed by atoms with Crippen LogP contribution in [-0.2, 0) is 16.0 Å². The van der Waals surface area contributed by atoms with E-state index in [2.05, 4.69) is 15.8 Å². The van der Waals surface area contributed by atoms with Crippen LogP contribution in [0.25, 0.3) is 0 Å². The van der Waals surface area contributed by atoms with Gasteiger partial charge in [0.15, 0.2) is 6.61 Å². The number of carbonyl (C=O) groups excluding carboxylic acids is 2. The second-order valence-electron chi connectivity index (χ2n) is 7.10. The highest BCUT2D eigenvalue weighted by Crippen LogP contribution is 2.18. The summed E-state index contributed by atoms with van der Waals surface area (Å²) >= 11 is 0. The molecular formula is C24H22N4O5. The molecule has 0 saturated heterocycles. The first-order valence-electron chi connectivity index (χ1n) is 10.0. The van der Waals surface area contributed by atoms with Crippen LogP contribution in [0, 0.1) is 17.0 Å². The van der Waals surface area contributed by atoms with Crippen molar-refractivity contribution < 1.29 is 19.2 Å². The lowest BCUT2D eigenvalue weighted by Gasteiger charge is -2.09. The van der Waals surface area contributed by atoms with E-state index in [4.69, 9.17) is 4.74 Å². The lowest BCUT2D eigenvalue weighted by molar-refractivity contribution is -0.385. The van der Waals surface area contributed by atoms with Crippen molar-refractivity contribution in [3.63, 3.8) is 0 Å². The van der Waals surface area contributed by atoms with E-state index in [0.29, 0.717) is 22.6 Å². The quantitative estimate of drug-likeness (QED) is 0.295. The minimum absolute atomic E-state index is 0.126. The Kier molecular flexibility index (Phi) is 7.85. The summed E-state index contributed by atoms with van der Waals surface area (Å²) < 4.78 is 5.60. The minimum atomic E-state index is -0.533. The molecule has 0 saturated carbocycles. The molecule has 3 aromatic carbocycles. The fourth-order valence-electron chi connectivity index (χ4n) is 2.92. The lowest BCUT2D eigenvalue weighted by Crippen LogP contribution is -2.21. The Morgan fingerprint density at radius 3 is 2.45 bits per heavy atom. The average Bonchev–Trinajstić information content (AvgIpc) is 2.80. The van der Waals surface area contributed by atoms with E-state index in [1.165, 1.54) is 24.4 Å². The maximum atomic E-state index is 12.2. The summed E-state index contributed by atoms with van der Waals surface area (Å²) in [5.74, 6) is -0.409. The predicted molar refractivity (Wildman–Crippen MR) is 124 cm³/mol. The number of nitrogens with one attached hydrogen (secondary N) is 2. The molecule has 0 bridgehead atoms. The van der Waals surface area contributed by atoms with Gasteiger partial charge in [0.1, 0.15) is 5.75 Å². The topological polar surface area (TPSA) is 123 Å². The molecule has 0 heterocycles. The van der Waals surface area contributed by atoms with Gasteiger partial charge in [-0.1, -0.05) is 48.0 Å². The van der Waals surface area contributed by atoms with Crippen molar-refractivity contribution in [2.75, 3.05) is 11.9 Å². The number of benzene rings is 3. The number of hydrazone groups is 1. The zero-order chi connectivity index (χ0) is 23.6. The maximum absolute atomic E-state index is 12.2. The predicted octanol–water partition coefficient (Wildman–Crippen LogP) is 3.61. The third-order valence-electron chi connectivity index (χ3n) is 4.55. The van der Waals surface area contributed by atoms with Crippen LogP contribution in [0.15, 0.2) is 77.9 Å². The number of amides is 2. The number of nitro groups is 1. The van der Waals surface area contributed by atoms with Gasteiger partial charge in [0, 0.05) is 22.9 Å². The lowest BCUT2D eigenvalue weighted by atomic mass is 10.1. The zero-order valence-electron chi connectivity index (χ0n) is 17.9. The van der Waals surface area contributed by atoms with Gasteiger partial charge in [-0.15, -0.1) is 0 Å². The van der Waals surface area contributed by atoms with Crippen LogP contribution in [0.5, 0.6) is 5.75 Å². The number of hydrogen-bond acceptors (Lipinski definition) is 6. The van der Waals surface area contributed by atoms with Crippen LogP contribution >= 0.6 is 0 Å². The summed E-state index contributed by atoms with van der Waals surface area (Å²) in [5, 5.41) is 17.7. The molecule has 2 amide bonds. The molecular weight excluding hydrogens is 424 g/mol. The van der Waals surface area contributed by atoms with Gasteiger partial charge in [-0.2, -0.15) is 5.10 Å². The first kappa shape index (κ1) is 23.1. The molecule has 9 heteroatoms. The Balaban J connectivity index is 1.55. The van der Waals surface area contributed by atoms with Crippen molar-refractivity contribution in [3.8, 4) is 5.75 Å². The molecule has 168 valence electrons. The molecule has 0 aliphatic heterocycles. The van der Waals surface area contributed by atoms with Gasteiger partial charge in [0.25, 0.3) is 11.6 Å². The van der Waals surface area contributed by atoms with Gasteiger partial charge in [0.05, 0.1) is 17.6 Å². The zero-order valence-corrected chi connectivity index (χ0v) is 17.9. The minimum Gasteiger partial charge on any atom is -0.483 e. The summed E-state index contributed by atoms with van der Waals surface area (Å²) in [6.45, 7) is 1.75. The van der Waals surface area contributed by atoms with Gasteiger partial charge in [-0.25, -0.2) is 5.43 Å². The molecule has 0 radical (unpaired) electrons. The largest absolute Gasteiger partial charge is 0.483 e. The number of nitrogens with zero attached hydrogens (tertiary/aromatic N) is 2. The molecule has 0 unspecified atom stereocenters. The van der Waals surface area contributed by atoms with Crippen LogP contribution in [0.1, 0.15) is 16.7 Å². The van der Waals surface area contributed by atoms with Crippen LogP contribution in [0.2, 0.25) is 0 Å². The smallest absolute Gasteiger partial charge is 0.273 e. The number of ether oxygens (including phenoxy) is 1. The number of hydrogen-bond donors (Lipinski definition) is 2. The molecule has 0 aliphatic rings. The van der Waals surface area contributed by atoms with Crippen molar-refractivity contribution >= 4 is 29.4 Å². The van der Waals surface area contributed by atoms with Crippen molar-refractivity contribution in [1.29, 1.82) is 0 Å². The van der Waals surface area contributed by atoms with Crippen LogP contribution in [-0.4, -0.2) is 29.6 Å². The molecule has 0 aromatic heterocycles. The van der Waals surface area contributed by atoms with E-state index in [1.54, 1.807) is 42.5 Å². The Morgan fingerprint density at radius 1 is 1.00 bits per heavy atom. The number of anilines is 1. The standard InChI is InChI=1S/C24H22N4O5/c1-17-10-12-20(13-11-17)26-24(30)16-33-22-9-5-3-7-19(22)15-25-27-23(29)14-18-6-2-4-8-21(18)28(31)32/h2-13,15H,14,16H2,1H3,(H,26,30)(H,27,29)/b25-15+. The number of para-hydroxylation sites is 2. The van der Waals surface area contributed by atoms with Gasteiger partial charge in [0.2, 0.25) is 5.91 Å². The van der Waals surface area contributed by atoms with Crippen molar-refractivity contribution in [1.82, 2.24) is 5.43 Å². The van der Waals surface area contributed by atoms with E-state index in [9.17, 15) is 19.7 Å². The van der Waals surface area contributed by atoms with E-state index in [0.717, 1.165) is 5.56 Å². The third kappa shape index (κ3) is 7.00. The Morgan fingerprint density at radius 2 is 1.70 bits per heavy atom. The molecule has 3 rings (SSSR count). The molecule has 0 spiro atoms. The number of rotatable bonds is 9. The Labute approximate surface area is 190 Å². The summed E-state index contributed by atoms with van der Waals surface area (Å²) in [7, 11) is 0. The molecule has 0 fully saturated rings. The summed E-state index contributed by atoms with van der Waals surface area (Å²) in [5.41, 5.74) is 4.82. The van der Waals surface area contributed by atoms with Crippen molar-refractivity contribution in [2.45, 2.75) is 13.3 Å². The fraction of sp³-hybridized carbons (Fsp3) is 0.125. The highest BCUT2D eigenvalue weighted by atomic mass is 16.6. The second-order valence-corrected chi connectivity index (χ2v) is 7.10. The Bertz CT molecular complexity index is 1180. The van der Waals surface area contributed by atoms with Gasteiger partial charge < -0.3 is 10.1 Å².